The van der Waals surface area contributed by atoms with Crippen molar-refractivity contribution < 1.29 is 13.2 Å². The van der Waals surface area contributed by atoms with Crippen LogP contribution in [-0.4, -0.2) is 39.0 Å². The molecule has 4 nitrogen and oxygen atoms in total. The summed E-state index contributed by atoms with van der Waals surface area (Å²) in [7, 11) is -3.46. The SMILES string of the molecule is C=C1COCC(C2=CCN(S(=O)(=O)c3ccc(C)cc3)C2)=C1C. The number of ether oxygens (including phenoxy) is 1. The quantitative estimate of drug-likeness (QED) is 0.856. The maximum Gasteiger partial charge on any atom is 0.243 e. The molecule has 5 heteroatoms. The van der Waals surface area contributed by atoms with Crippen molar-refractivity contribution in [1.29, 1.82) is 0 Å². The summed E-state index contributed by atoms with van der Waals surface area (Å²) >= 11 is 0. The first-order valence-corrected chi connectivity index (χ1v) is 9.05. The Hall–Kier alpha value is -1.69. The molecule has 2 aliphatic rings. The molecule has 0 saturated carbocycles. The molecule has 122 valence electrons. The van der Waals surface area contributed by atoms with E-state index in [-0.39, 0.29) is 0 Å². The van der Waals surface area contributed by atoms with E-state index >= 15 is 0 Å². The van der Waals surface area contributed by atoms with Crippen LogP contribution in [-0.2, 0) is 14.8 Å². The first kappa shape index (κ1) is 16.2. The molecule has 0 atom stereocenters. The molecule has 2 heterocycles. The van der Waals surface area contributed by atoms with Crippen LogP contribution in [0.4, 0.5) is 0 Å². The summed E-state index contributed by atoms with van der Waals surface area (Å²) in [6, 6.07) is 6.98. The molecule has 0 radical (unpaired) electrons. The standard InChI is InChI=1S/C18H21NO3S/c1-13-4-6-17(7-5-13)23(20,21)19-9-8-16(10-19)18-12-22-11-14(2)15(18)3/h4-8H,2,9-12H2,1,3H3. The Bertz CT molecular complexity index is 801. The van der Waals surface area contributed by atoms with Crippen molar-refractivity contribution in [2.45, 2.75) is 18.7 Å². The number of sulfonamides is 1. The third kappa shape index (κ3) is 3.04. The molecule has 0 aliphatic carbocycles. The van der Waals surface area contributed by atoms with E-state index in [0.29, 0.717) is 31.2 Å². The lowest BCUT2D eigenvalue weighted by Crippen LogP contribution is -2.29. The van der Waals surface area contributed by atoms with Gasteiger partial charge in [-0.1, -0.05) is 30.4 Å². The molecular formula is C18H21NO3S. The van der Waals surface area contributed by atoms with Crippen LogP contribution in [0.1, 0.15) is 12.5 Å². The molecule has 0 aromatic heterocycles. The van der Waals surface area contributed by atoms with E-state index in [2.05, 4.69) is 6.58 Å². The van der Waals surface area contributed by atoms with E-state index < -0.39 is 10.0 Å². The second-order valence-corrected chi connectivity index (χ2v) is 7.98. The van der Waals surface area contributed by atoms with Crippen molar-refractivity contribution in [2.75, 3.05) is 26.3 Å². The number of nitrogens with zero attached hydrogens (tertiary/aromatic N) is 1. The zero-order valence-corrected chi connectivity index (χ0v) is 14.3. The first-order chi connectivity index (χ1) is 10.9. The molecule has 2 aliphatic heterocycles. The van der Waals surface area contributed by atoms with E-state index in [1.54, 1.807) is 12.1 Å². The van der Waals surface area contributed by atoms with Gasteiger partial charge >= 0.3 is 0 Å². The molecule has 0 amide bonds. The Balaban J connectivity index is 1.83. The summed E-state index contributed by atoms with van der Waals surface area (Å²) in [4.78, 5) is 0.341. The number of hydrogen-bond donors (Lipinski definition) is 0. The van der Waals surface area contributed by atoms with Gasteiger partial charge < -0.3 is 4.74 Å². The predicted molar refractivity (Wildman–Crippen MR) is 90.7 cm³/mol. The van der Waals surface area contributed by atoms with Crippen molar-refractivity contribution in [2.24, 2.45) is 0 Å². The minimum absolute atomic E-state index is 0.341. The highest BCUT2D eigenvalue weighted by Crippen LogP contribution is 2.30. The molecule has 1 aromatic carbocycles. The van der Waals surface area contributed by atoms with Crippen LogP contribution in [0.3, 0.4) is 0 Å². The molecule has 0 N–H and O–H groups in total. The van der Waals surface area contributed by atoms with Crippen molar-refractivity contribution in [3.63, 3.8) is 0 Å². The van der Waals surface area contributed by atoms with Crippen LogP contribution in [0.5, 0.6) is 0 Å². The molecule has 0 spiro atoms. The number of hydrogen-bond acceptors (Lipinski definition) is 3. The molecule has 1 aromatic rings. The summed E-state index contributed by atoms with van der Waals surface area (Å²) in [6.45, 7) is 9.82. The average molecular weight is 331 g/mol. The zero-order chi connectivity index (χ0) is 16.6. The van der Waals surface area contributed by atoms with Crippen molar-refractivity contribution in [3.8, 4) is 0 Å². The van der Waals surface area contributed by atoms with E-state index in [1.165, 1.54) is 4.31 Å². The Morgan fingerprint density at radius 3 is 2.52 bits per heavy atom. The van der Waals surface area contributed by atoms with Crippen molar-refractivity contribution in [3.05, 3.63) is 64.8 Å². The molecule has 0 bridgehead atoms. The van der Waals surface area contributed by atoms with Crippen molar-refractivity contribution >= 4 is 10.0 Å². The number of aryl methyl sites for hydroxylation is 1. The third-order valence-corrected chi connectivity index (χ3v) is 6.27. The van der Waals surface area contributed by atoms with Gasteiger partial charge in [0.15, 0.2) is 0 Å². The third-order valence-electron chi connectivity index (χ3n) is 4.44. The zero-order valence-electron chi connectivity index (χ0n) is 13.5. The van der Waals surface area contributed by atoms with Crippen LogP contribution in [0.25, 0.3) is 0 Å². The Morgan fingerprint density at radius 1 is 1.13 bits per heavy atom. The Kier molecular flexibility index (Phi) is 4.27. The van der Waals surface area contributed by atoms with E-state index in [4.69, 9.17) is 4.74 Å². The van der Waals surface area contributed by atoms with Crippen LogP contribution in [0.2, 0.25) is 0 Å². The molecule has 0 saturated heterocycles. The highest BCUT2D eigenvalue weighted by Gasteiger charge is 2.30. The maximum absolute atomic E-state index is 12.7. The fourth-order valence-electron chi connectivity index (χ4n) is 2.83. The minimum atomic E-state index is -3.46. The van der Waals surface area contributed by atoms with Crippen LogP contribution in [0.15, 0.2) is 64.1 Å². The van der Waals surface area contributed by atoms with Crippen molar-refractivity contribution in [1.82, 2.24) is 4.31 Å². The monoisotopic (exact) mass is 331 g/mol. The maximum atomic E-state index is 12.7. The lowest BCUT2D eigenvalue weighted by Gasteiger charge is -2.22. The lowest BCUT2D eigenvalue weighted by atomic mass is 9.96. The summed E-state index contributed by atoms with van der Waals surface area (Å²) in [5.41, 5.74) is 5.23. The molecule has 3 rings (SSSR count). The molecular weight excluding hydrogens is 310 g/mol. The Morgan fingerprint density at radius 2 is 1.83 bits per heavy atom. The highest BCUT2D eigenvalue weighted by atomic mass is 32.2. The van der Waals surface area contributed by atoms with Gasteiger partial charge in [0.2, 0.25) is 10.0 Å². The Labute approximate surface area is 137 Å². The largest absolute Gasteiger partial charge is 0.372 e. The topological polar surface area (TPSA) is 46.6 Å². The lowest BCUT2D eigenvalue weighted by molar-refractivity contribution is 0.173. The van der Waals surface area contributed by atoms with Gasteiger partial charge in [0.25, 0.3) is 0 Å². The van der Waals surface area contributed by atoms with Gasteiger partial charge in [0.05, 0.1) is 18.1 Å². The minimum Gasteiger partial charge on any atom is -0.372 e. The summed E-state index contributed by atoms with van der Waals surface area (Å²) in [5, 5.41) is 0. The summed E-state index contributed by atoms with van der Waals surface area (Å²) in [5.74, 6) is 0. The van der Waals surface area contributed by atoms with Gasteiger partial charge in [-0.15, -0.1) is 0 Å². The van der Waals surface area contributed by atoms with Crippen LogP contribution >= 0.6 is 0 Å². The van der Waals surface area contributed by atoms with E-state index in [0.717, 1.165) is 27.9 Å². The van der Waals surface area contributed by atoms with Gasteiger partial charge in [-0.2, -0.15) is 4.31 Å². The first-order valence-electron chi connectivity index (χ1n) is 7.61. The van der Waals surface area contributed by atoms with Gasteiger partial charge in [0, 0.05) is 13.1 Å². The fourth-order valence-corrected chi connectivity index (χ4v) is 4.19. The highest BCUT2D eigenvalue weighted by molar-refractivity contribution is 7.89. The van der Waals surface area contributed by atoms with Gasteiger partial charge in [-0.05, 0) is 48.3 Å². The van der Waals surface area contributed by atoms with E-state index in [1.807, 2.05) is 32.1 Å². The average Bonchev–Trinajstić information content (AvgIpc) is 3.01. The van der Waals surface area contributed by atoms with Gasteiger partial charge in [-0.25, -0.2) is 8.42 Å². The molecule has 0 unspecified atom stereocenters. The van der Waals surface area contributed by atoms with E-state index in [9.17, 15) is 8.42 Å². The summed E-state index contributed by atoms with van der Waals surface area (Å²) in [6.07, 6.45) is 1.98. The summed E-state index contributed by atoms with van der Waals surface area (Å²) < 4.78 is 32.5. The van der Waals surface area contributed by atoms with Crippen LogP contribution < -0.4 is 0 Å². The normalized spacial score (nSPS) is 20.1. The van der Waals surface area contributed by atoms with Gasteiger partial charge in [-0.3, -0.25) is 0 Å². The predicted octanol–water partition coefficient (Wildman–Crippen LogP) is 2.83. The molecule has 0 fully saturated rings. The fraction of sp³-hybridized carbons (Fsp3) is 0.333. The number of benzene rings is 1. The van der Waals surface area contributed by atoms with Crippen LogP contribution in [0, 0.1) is 6.92 Å². The van der Waals surface area contributed by atoms with Gasteiger partial charge in [0.1, 0.15) is 0 Å². The smallest absolute Gasteiger partial charge is 0.243 e. The molecule has 23 heavy (non-hydrogen) atoms. The second-order valence-electron chi connectivity index (χ2n) is 6.04. The second kappa shape index (κ2) is 6.07. The number of rotatable bonds is 3.